The number of halogens is 1. The number of hydrogen-bond acceptors (Lipinski definition) is 4. The molecule has 1 unspecified atom stereocenters. The predicted molar refractivity (Wildman–Crippen MR) is 66.5 cm³/mol. The van der Waals surface area contributed by atoms with Gasteiger partial charge in [-0.05, 0) is 13.0 Å². The Balaban J connectivity index is 3.04. The zero-order valence-corrected chi connectivity index (χ0v) is 10.9. The summed E-state index contributed by atoms with van der Waals surface area (Å²) in [6.45, 7) is 2.02. The summed E-state index contributed by atoms with van der Waals surface area (Å²) in [6, 6.07) is 2.61. The normalized spacial score (nSPS) is 12.0. The highest BCUT2D eigenvalue weighted by Gasteiger charge is 2.22. The smallest absolute Gasteiger partial charge is 0.270 e. The molecule has 1 aromatic rings. The van der Waals surface area contributed by atoms with Crippen LogP contribution in [0.25, 0.3) is 0 Å². The van der Waals surface area contributed by atoms with E-state index in [9.17, 15) is 19.3 Å². The van der Waals surface area contributed by atoms with Crippen molar-refractivity contribution in [2.24, 2.45) is 0 Å². The van der Waals surface area contributed by atoms with Gasteiger partial charge in [-0.25, -0.2) is 4.39 Å². The topological polar surface area (TPSA) is 72.7 Å². The molecule has 0 radical (unpaired) electrons. The number of benzene rings is 1. The quantitative estimate of drug-likeness (QED) is 0.604. The van der Waals surface area contributed by atoms with E-state index in [1.54, 1.807) is 6.92 Å². The molecule has 0 saturated heterocycles. The molecule has 6 nitrogen and oxygen atoms in total. The summed E-state index contributed by atoms with van der Waals surface area (Å²) in [6.07, 6.45) is 0. The Hall–Kier alpha value is -2.02. The molecule has 1 atom stereocenters. The number of carbonyl (C=O) groups excluding carboxylic acids is 1. The van der Waals surface area contributed by atoms with Crippen LogP contribution >= 0.6 is 0 Å². The van der Waals surface area contributed by atoms with Crippen LogP contribution in [0.15, 0.2) is 18.2 Å². The molecule has 0 spiro atoms. The fraction of sp³-hybridized carbons (Fsp3) is 0.417. The largest absolute Gasteiger partial charge is 0.383 e. The third kappa shape index (κ3) is 3.47. The second kappa shape index (κ2) is 6.24. The molecular weight excluding hydrogens is 255 g/mol. The first-order chi connectivity index (χ1) is 8.88. The van der Waals surface area contributed by atoms with Gasteiger partial charge in [-0.2, -0.15) is 0 Å². The van der Waals surface area contributed by atoms with E-state index in [4.69, 9.17) is 4.74 Å². The molecule has 0 bridgehead atoms. The van der Waals surface area contributed by atoms with Crippen LogP contribution in [-0.2, 0) is 4.74 Å². The first-order valence-corrected chi connectivity index (χ1v) is 5.58. The first kappa shape index (κ1) is 15.0. The molecule has 0 aliphatic heterocycles. The molecule has 104 valence electrons. The Labute approximate surface area is 109 Å². The molecule has 1 amide bonds. The number of methoxy groups -OCH3 is 1. The molecule has 1 aromatic carbocycles. The van der Waals surface area contributed by atoms with Gasteiger partial charge in [-0.1, -0.05) is 0 Å². The van der Waals surface area contributed by atoms with Crippen molar-refractivity contribution in [3.8, 4) is 0 Å². The number of amides is 1. The maximum Gasteiger partial charge on any atom is 0.270 e. The van der Waals surface area contributed by atoms with E-state index in [2.05, 4.69) is 0 Å². The third-order valence-corrected chi connectivity index (χ3v) is 2.78. The Morgan fingerprint density at radius 2 is 2.21 bits per heavy atom. The lowest BCUT2D eigenvalue weighted by Crippen LogP contribution is -2.38. The van der Waals surface area contributed by atoms with E-state index in [1.165, 1.54) is 19.1 Å². The number of carbonyl (C=O) groups is 1. The highest BCUT2D eigenvalue weighted by molar-refractivity contribution is 5.95. The van der Waals surface area contributed by atoms with Crippen LogP contribution in [0.2, 0.25) is 0 Å². The Bertz CT molecular complexity index is 493. The molecule has 19 heavy (non-hydrogen) atoms. The lowest BCUT2D eigenvalue weighted by atomic mass is 10.1. The molecular formula is C12H15FN2O4. The van der Waals surface area contributed by atoms with Crippen molar-refractivity contribution >= 4 is 11.6 Å². The van der Waals surface area contributed by atoms with Crippen LogP contribution in [0.4, 0.5) is 10.1 Å². The van der Waals surface area contributed by atoms with Crippen molar-refractivity contribution in [3.05, 3.63) is 39.7 Å². The fourth-order valence-corrected chi connectivity index (χ4v) is 1.53. The van der Waals surface area contributed by atoms with Gasteiger partial charge >= 0.3 is 0 Å². The first-order valence-electron chi connectivity index (χ1n) is 5.58. The highest BCUT2D eigenvalue weighted by Crippen LogP contribution is 2.18. The lowest BCUT2D eigenvalue weighted by Gasteiger charge is -2.24. The minimum Gasteiger partial charge on any atom is -0.383 e. The number of nitrogens with zero attached hydrogens (tertiary/aromatic N) is 2. The number of hydrogen-bond donors (Lipinski definition) is 0. The second-order valence-corrected chi connectivity index (χ2v) is 4.14. The molecule has 1 rings (SSSR count). The van der Waals surface area contributed by atoms with Crippen molar-refractivity contribution in [3.63, 3.8) is 0 Å². The van der Waals surface area contributed by atoms with Gasteiger partial charge in [-0.15, -0.1) is 0 Å². The molecule has 0 N–H and O–H groups in total. The predicted octanol–water partition coefficient (Wildman–Crippen LogP) is 1.84. The molecule has 0 fully saturated rings. The monoisotopic (exact) mass is 270 g/mol. The van der Waals surface area contributed by atoms with Gasteiger partial charge in [-0.3, -0.25) is 14.9 Å². The SMILES string of the molecule is COCC(C)N(C)C(=O)c1cc([N+](=O)[O-])ccc1F. The molecule has 0 aliphatic carbocycles. The number of rotatable bonds is 5. The average Bonchev–Trinajstić information content (AvgIpc) is 2.37. The summed E-state index contributed by atoms with van der Waals surface area (Å²) in [4.78, 5) is 23.3. The minimum absolute atomic E-state index is 0.267. The number of ether oxygens (including phenoxy) is 1. The van der Waals surface area contributed by atoms with Crippen LogP contribution < -0.4 is 0 Å². The molecule has 0 aliphatic rings. The van der Waals surface area contributed by atoms with Crippen LogP contribution in [0.5, 0.6) is 0 Å². The Morgan fingerprint density at radius 1 is 1.58 bits per heavy atom. The van der Waals surface area contributed by atoms with E-state index in [0.29, 0.717) is 6.61 Å². The highest BCUT2D eigenvalue weighted by atomic mass is 19.1. The summed E-state index contributed by atoms with van der Waals surface area (Å²) in [5, 5.41) is 10.6. The van der Waals surface area contributed by atoms with Gasteiger partial charge in [0.25, 0.3) is 11.6 Å². The summed E-state index contributed by atoms with van der Waals surface area (Å²) >= 11 is 0. The lowest BCUT2D eigenvalue weighted by molar-refractivity contribution is -0.384. The van der Waals surface area contributed by atoms with Crippen molar-refractivity contribution in [2.75, 3.05) is 20.8 Å². The standard InChI is InChI=1S/C12H15FN2O4/c1-8(7-19-3)14(2)12(16)10-6-9(15(17)18)4-5-11(10)13/h4-6,8H,7H2,1-3H3. The van der Waals surface area contributed by atoms with Gasteiger partial charge in [0.15, 0.2) is 0 Å². The van der Waals surface area contributed by atoms with E-state index in [0.717, 1.165) is 18.2 Å². The summed E-state index contributed by atoms with van der Waals surface area (Å²) in [5.41, 5.74) is -0.641. The number of non-ortho nitro benzene ring substituents is 1. The van der Waals surface area contributed by atoms with Crippen molar-refractivity contribution in [1.82, 2.24) is 4.90 Å². The molecule has 0 saturated carbocycles. The maximum atomic E-state index is 13.6. The minimum atomic E-state index is -0.785. The summed E-state index contributed by atoms with van der Waals surface area (Å²) in [7, 11) is 2.98. The Kier molecular flexibility index (Phi) is 4.94. The van der Waals surface area contributed by atoms with E-state index in [-0.39, 0.29) is 17.3 Å². The van der Waals surface area contributed by atoms with Gasteiger partial charge in [0, 0.05) is 26.3 Å². The van der Waals surface area contributed by atoms with Crippen LogP contribution in [-0.4, -0.2) is 42.5 Å². The van der Waals surface area contributed by atoms with Gasteiger partial charge in [0.2, 0.25) is 0 Å². The Morgan fingerprint density at radius 3 is 2.74 bits per heavy atom. The van der Waals surface area contributed by atoms with E-state index < -0.39 is 16.6 Å². The van der Waals surface area contributed by atoms with Crippen molar-refractivity contribution in [1.29, 1.82) is 0 Å². The van der Waals surface area contributed by atoms with E-state index >= 15 is 0 Å². The fourth-order valence-electron chi connectivity index (χ4n) is 1.53. The van der Waals surface area contributed by atoms with Crippen molar-refractivity contribution in [2.45, 2.75) is 13.0 Å². The molecule has 0 heterocycles. The maximum absolute atomic E-state index is 13.6. The van der Waals surface area contributed by atoms with Gasteiger partial charge in [0.05, 0.1) is 23.1 Å². The molecule has 0 aromatic heterocycles. The zero-order valence-electron chi connectivity index (χ0n) is 10.9. The summed E-state index contributed by atoms with van der Waals surface area (Å²) < 4.78 is 18.5. The van der Waals surface area contributed by atoms with Crippen LogP contribution in [0, 0.1) is 15.9 Å². The summed E-state index contributed by atoms with van der Waals surface area (Å²) in [5.74, 6) is -1.40. The van der Waals surface area contributed by atoms with Gasteiger partial charge in [0.1, 0.15) is 5.82 Å². The van der Waals surface area contributed by atoms with Crippen molar-refractivity contribution < 1.29 is 18.8 Å². The van der Waals surface area contributed by atoms with E-state index in [1.807, 2.05) is 0 Å². The number of likely N-dealkylation sites (N-methyl/N-ethyl adjacent to an activating group) is 1. The third-order valence-electron chi connectivity index (χ3n) is 2.78. The molecule has 7 heteroatoms. The zero-order chi connectivity index (χ0) is 14.6. The number of nitro benzene ring substituents is 1. The number of nitro groups is 1. The van der Waals surface area contributed by atoms with Crippen LogP contribution in [0.1, 0.15) is 17.3 Å². The average molecular weight is 270 g/mol. The van der Waals surface area contributed by atoms with Crippen LogP contribution in [0.3, 0.4) is 0 Å². The van der Waals surface area contributed by atoms with Gasteiger partial charge < -0.3 is 9.64 Å². The second-order valence-electron chi connectivity index (χ2n) is 4.14.